The Labute approximate surface area is 82.2 Å². The molecule has 0 amide bonds. The Bertz CT molecular complexity index is 384. The van der Waals surface area contributed by atoms with Crippen molar-refractivity contribution in [2.45, 2.75) is 18.8 Å². The zero-order valence-corrected chi connectivity index (χ0v) is 7.94. The third-order valence-electron chi connectivity index (χ3n) is 2.60. The van der Waals surface area contributed by atoms with Crippen LogP contribution >= 0.6 is 0 Å². The molecule has 1 aliphatic rings. The molecular formula is C11H11FN2. The van der Waals surface area contributed by atoms with Crippen molar-refractivity contribution < 1.29 is 4.39 Å². The maximum atomic E-state index is 13.6. The summed E-state index contributed by atoms with van der Waals surface area (Å²) in [6.07, 6.45) is 4.16. The van der Waals surface area contributed by atoms with Crippen molar-refractivity contribution in [1.82, 2.24) is 0 Å². The predicted molar refractivity (Wildman–Crippen MR) is 55.4 cm³/mol. The van der Waals surface area contributed by atoms with Gasteiger partial charge in [-0.3, -0.25) is 0 Å². The van der Waals surface area contributed by atoms with Crippen LogP contribution in [0.1, 0.15) is 18.9 Å². The highest BCUT2D eigenvalue weighted by molar-refractivity contribution is 5.99. The second-order valence-electron chi connectivity index (χ2n) is 3.36. The summed E-state index contributed by atoms with van der Waals surface area (Å²) in [4.78, 5) is 0. The van der Waals surface area contributed by atoms with Crippen molar-refractivity contribution in [1.29, 1.82) is 0 Å². The van der Waals surface area contributed by atoms with Crippen LogP contribution in [-0.4, -0.2) is 12.4 Å². The maximum absolute atomic E-state index is 13.6. The first-order valence-electron chi connectivity index (χ1n) is 4.62. The van der Waals surface area contributed by atoms with Gasteiger partial charge in [0.25, 0.3) is 0 Å². The van der Waals surface area contributed by atoms with Crippen molar-refractivity contribution in [2.24, 2.45) is 10.2 Å². The minimum Gasteiger partial charge on any atom is -0.207 e. The molecule has 0 radical (unpaired) electrons. The van der Waals surface area contributed by atoms with E-state index in [4.69, 9.17) is 0 Å². The number of rotatable bonds is 2. The lowest BCUT2D eigenvalue weighted by molar-refractivity contribution is 0.588. The topological polar surface area (TPSA) is 24.7 Å². The Kier molecular flexibility index (Phi) is 2.15. The number of hydrogen-bond acceptors (Lipinski definition) is 2. The molecule has 1 aromatic rings. The SMILES string of the molecule is CCC1(c2ccccc2F)C=NN=C1. The van der Waals surface area contributed by atoms with Gasteiger partial charge in [0.05, 0.1) is 5.41 Å². The van der Waals surface area contributed by atoms with Gasteiger partial charge in [0, 0.05) is 18.0 Å². The smallest absolute Gasteiger partial charge is 0.127 e. The van der Waals surface area contributed by atoms with Crippen LogP contribution < -0.4 is 0 Å². The van der Waals surface area contributed by atoms with E-state index in [2.05, 4.69) is 10.2 Å². The van der Waals surface area contributed by atoms with Gasteiger partial charge in [0.1, 0.15) is 5.82 Å². The number of benzene rings is 1. The van der Waals surface area contributed by atoms with E-state index in [0.717, 1.165) is 6.42 Å². The fourth-order valence-corrected chi connectivity index (χ4v) is 1.66. The second kappa shape index (κ2) is 3.33. The van der Waals surface area contributed by atoms with E-state index in [1.54, 1.807) is 24.6 Å². The van der Waals surface area contributed by atoms with E-state index >= 15 is 0 Å². The fourth-order valence-electron chi connectivity index (χ4n) is 1.66. The van der Waals surface area contributed by atoms with Crippen molar-refractivity contribution in [3.8, 4) is 0 Å². The molecule has 0 unspecified atom stereocenters. The highest BCUT2D eigenvalue weighted by atomic mass is 19.1. The van der Waals surface area contributed by atoms with Crippen LogP contribution in [0.15, 0.2) is 34.5 Å². The fraction of sp³-hybridized carbons (Fsp3) is 0.273. The third kappa shape index (κ3) is 1.25. The lowest BCUT2D eigenvalue weighted by Gasteiger charge is -2.21. The molecule has 0 fully saturated rings. The second-order valence-corrected chi connectivity index (χ2v) is 3.36. The first-order valence-corrected chi connectivity index (χ1v) is 4.62. The van der Waals surface area contributed by atoms with Crippen LogP contribution in [-0.2, 0) is 5.41 Å². The minimum absolute atomic E-state index is 0.200. The molecule has 0 spiro atoms. The molecule has 72 valence electrons. The molecule has 1 aliphatic heterocycles. The summed E-state index contributed by atoms with van der Waals surface area (Å²) in [5.74, 6) is -0.200. The van der Waals surface area contributed by atoms with Crippen LogP contribution in [0.3, 0.4) is 0 Å². The van der Waals surface area contributed by atoms with Crippen molar-refractivity contribution >= 4 is 12.4 Å². The van der Waals surface area contributed by atoms with Gasteiger partial charge in [-0.05, 0) is 12.5 Å². The average Bonchev–Trinajstić information content (AvgIpc) is 2.68. The van der Waals surface area contributed by atoms with Gasteiger partial charge in [-0.2, -0.15) is 10.2 Å². The lowest BCUT2D eigenvalue weighted by atomic mass is 9.80. The normalized spacial score (nSPS) is 17.6. The minimum atomic E-state index is -0.439. The predicted octanol–water partition coefficient (Wildman–Crippen LogP) is 2.54. The van der Waals surface area contributed by atoms with E-state index in [0.29, 0.717) is 5.56 Å². The summed E-state index contributed by atoms with van der Waals surface area (Å²) in [6.45, 7) is 2.00. The van der Waals surface area contributed by atoms with Gasteiger partial charge < -0.3 is 0 Å². The average molecular weight is 190 g/mol. The van der Waals surface area contributed by atoms with E-state index < -0.39 is 5.41 Å². The van der Waals surface area contributed by atoms with Gasteiger partial charge in [-0.1, -0.05) is 25.1 Å². The van der Waals surface area contributed by atoms with Crippen molar-refractivity contribution in [3.05, 3.63) is 35.6 Å². The van der Waals surface area contributed by atoms with Crippen molar-refractivity contribution in [2.75, 3.05) is 0 Å². The van der Waals surface area contributed by atoms with Gasteiger partial charge in [0.2, 0.25) is 0 Å². The number of hydrogen-bond donors (Lipinski definition) is 0. The highest BCUT2D eigenvalue weighted by Crippen LogP contribution is 2.28. The first-order chi connectivity index (χ1) is 6.78. The lowest BCUT2D eigenvalue weighted by Crippen LogP contribution is -2.27. The third-order valence-corrected chi connectivity index (χ3v) is 2.60. The Balaban J connectivity index is 2.53. The van der Waals surface area contributed by atoms with Crippen LogP contribution in [0.25, 0.3) is 0 Å². The largest absolute Gasteiger partial charge is 0.207 e. The summed E-state index contributed by atoms with van der Waals surface area (Å²) >= 11 is 0. The Morgan fingerprint density at radius 1 is 1.21 bits per heavy atom. The summed E-state index contributed by atoms with van der Waals surface area (Å²) in [6, 6.07) is 6.76. The van der Waals surface area contributed by atoms with E-state index in [1.807, 2.05) is 13.0 Å². The van der Waals surface area contributed by atoms with Crippen LogP contribution in [0.2, 0.25) is 0 Å². The zero-order chi connectivity index (χ0) is 10.0. The molecule has 0 bridgehead atoms. The summed E-state index contributed by atoms with van der Waals surface area (Å²) in [5, 5.41) is 7.61. The van der Waals surface area contributed by atoms with Gasteiger partial charge in [-0.15, -0.1) is 0 Å². The molecule has 3 heteroatoms. The standard InChI is InChI=1S/C11H11FN2/c1-2-11(7-13-14-8-11)9-5-3-4-6-10(9)12/h3-8H,2H2,1H3. The van der Waals surface area contributed by atoms with E-state index in [1.165, 1.54) is 6.07 Å². The Morgan fingerprint density at radius 3 is 2.43 bits per heavy atom. The number of halogens is 1. The molecule has 0 aliphatic carbocycles. The molecule has 0 atom stereocenters. The maximum Gasteiger partial charge on any atom is 0.127 e. The summed E-state index contributed by atoms with van der Waals surface area (Å²) in [7, 11) is 0. The van der Waals surface area contributed by atoms with E-state index in [9.17, 15) is 4.39 Å². The molecule has 0 saturated carbocycles. The molecular weight excluding hydrogens is 179 g/mol. The molecule has 2 rings (SSSR count). The molecule has 0 saturated heterocycles. The van der Waals surface area contributed by atoms with Crippen LogP contribution in [0, 0.1) is 5.82 Å². The molecule has 2 nitrogen and oxygen atoms in total. The summed E-state index contributed by atoms with van der Waals surface area (Å²) in [5.41, 5.74) is 0.207. The monoisotopic (exact) mass is 190 g/mol. The Hall–Kier alpha value is -1.51. The molecule has 1 heterocycles. The zero-order valence-electron chi connectivity index (χ0n) is 7.94. The molecule has 1 aromatic carbocycles. The van der Waals surface area contributed by atoms with Gasteiger partial charge in [-0.25, -0.2) is 4.39 Å². The first kappa shape index (κ1) is 9.06. The van der Waals surface area contributed by atoms with Crippen LogP contribution in [0.4, 0.5) is 4.39 Å². The number of nitrogens with zero attached hydrogens (tertiary/aromatic N) is 2. The highest BCUT2D eigenvalue weighted by Gasteiger charge is 2.31. The molecule has 0 aromatic heterocycles. The van der Waals surface area contributed by atoms with Crippen molar-refractivity contribution in [3.63, 3.8) is 0 Å². The van der Waals surface area contributed by atoms with E-state index in [-0.39, 0.29) is 5.82 Å². The summed E-state index contributed by atoms with van der Waals surface area (Å²) < 4.78 is 13.6. The molecule has 0 N–H and O–H groups in total. The Morgan fingerprint density at radius 2 is 1.86 bits per heavy atom. The van der Waals surface area contributed by atoms with Crippen LogP contribution in [0.5, 0.6) is 0 Å². The van der Waals surface area contributed by atoms with Gasteiger partial charge in [0.15, 0.2) is 0 Å². The molecule has 14 heavy (non-hydrogen) atoms. The van der Waals surface area contributed by atoms with Gasteiger partial charge >= 0.3 is 0 Å². The quantitative estimate of drug-likeness (QED) is 0.684.